The highest BCUT2D eigenvalue weighted by Gasteiger charge is 2.25. The van der Waals surface area contributed by atoms with E-state index in [1.54, 1.807) is 6.07 Å². The summed E-state index contributed by atoms with van der Waals surface area (Å²) < 4.78 is 27.6. The third kappa shape index (κ3) is 3.59. The standard InChI is InChI=1S/C18H15ClN2O5S/c19-13-6-8-14(9-7-13)21-17(23)16(12-20(10-11-22)18(21)24)27(25,26)15-4-2-1-3-5-15/h1-9,12,22H,10-11H2. The van der Waals surface area contributed by atoms with Gasteiger partial charge in [0, 0.05) is 11.2 Å². The van der Waals surface area contributed by atoms with E-state index >= 15 is 0 Å². The molecule has 9 heteroatoms. The van der Waals surface area contributed by atoms with E-state index in [1.807, 2.05) is 0 Å². The van der Waals surface area contributed by atoms with Crippen LogP contribution in [0.15, 0.2) is 80.2 Å². The van der Waals surface area contributed by atoms with Gasteiger partial charge in [-0.15, -0.1) is 0 Å². The molecule has 0 bridgehead atoms. The maximum Gasteiger partial charge on any atom is 0.335 e. The van der Waals surface area contributed by atoms with Crippen LogP contribution >= 0.6 is 11.6 Å². The van der Waals surface area contributed by atoms with Gasteiger partial charge in [0.05, 0.1) is 23.7 Å². The third-order valence-electron chi connectivity index (χ3n) is 3.89. The molecule has 1 N–H and O–H groups in total. The van der Waals surface area contributed by atoms with Gasteiger partial charge in [-0.1, -0.05) is 29.8 Å². The lowest BCUT2D eigenvalue weighted by Crippen LogP contribution is -2.41. The average Bonchev–Trinajstić information content (AvgIpc) is 2.66. The van der Waals surface area contributed by atoms with Crippen molar-refractivity contribution >= 4 is 21.4 Å². The Morgan fingerprint density at radius 1 is 0.963 bits per heavy atom. The van der Waals surface area contributed by atoms with Crippen LogP contribution in [-0.4, -0.2) is 29.3 Å². The van der Waals surface area contributed by atoms with Crippen molar-refractivity contribution < 1.29 is 13.5 Å². The molecule has 0 fully saturated rings. The summed E-state index contributed by atoms with van der Waals surface area (Å²) in [6, 6.07) is 13.3. The van der Waals surface area contributed by atoms with Crippen molar-refractivity contribution in [2.24, 2.45) is 0 Å². The number of rotatable bonds is 5. The van der Waals surface area contributed by atoms with Gasteiger partial charge < -0.3 is 5.11 Å². The van der Waals surface area contributed by atoms with Gasteiger partial charge in [0.15, 0.2) is 4.90 Å². The minimum Gasteiger partial charge on any atom is -0.395 e. The summed E-state index contributed by atoms with van der Waals surface area (Å²) in [4.78, 5) is 25.0. The summed E-state index contributed by atoms with van der Waals surface area (Å²) in [6.45, 7) is -0.562. The Labute approximate surface area is 159 Å². The quantitative estimate of drug-likeness (QED) is 0.692. The van der Waals surface area contributed by atoms with Crippen molar-refractivity contribution in [1.82, 2.24) is 9.13 Å². The van der Waals surface area contributed by atoms with Crippen LogP contribution in [0.5, 0.6) is 0 Å². The first-order chi connectivity index (χ1) is 12.9. The third-order valence-corrected chi connectivity index (χ3v) is 5.90. The van der Waals surface area contributed by atoms with Crippen LogP contribution in [-0.2, 0) is 16.4 Å². The van der Waals surface area contributed by atoms with Crippen LogP contribution in [0.2, 0.25) is 5.02 Å². The Kier molecular flexibility index (Phi) is 5.31. The molecule has 0 atom stereocenters. The van der Waals surface area contributed by atoms with Gasteiger partial charge in [-0.2, -0.15) is 0 Å². The number of halogens is 1. The van der Waals surface area contributed by atoms with Gasteiger partial charge in [-0.05, 0) is 36.4 Å². The number of nitrogens with zero attached hydrogens (tertiary/aromatic N) is 2. The van der Waals surface area contributed by atoms with Crippen molar-refractivity contribution in [3.05, 3.63) is 86.7 Å². The molecule has 0 spiro atoms. The number of aliphatic hydroxyl groups excluding tert-OH is 1. The summed E-state index contributed by atoms with van der Waals surface area (Å²) in [5.74, 6) is 0. The molecule has 1 aromatic heterocycles. The smallest absolute Gasteiger partial charge is 0.335 e. The topological polar surface area (TPSA) is 98.4 Å². The van der Waals surface area contributed by atoms with Crippen LogP contribution in [0.25, 0.3) is 5.69 Å². The number of hydrogen-bond donors (Lipinski definition) is 1. The van der Waals surface area contributed by atoms with E-state index in [1.165, 1.54) is 48.5 Å². The van der Waals surface area contributed by atoms with E-state index in [4.69, 9.17) is 11.6 Å². The molecule has 27 heavy (non-hydrogen) atoms. The van der Waals surface area contributed by atoms with Crippen LogP contribution < -0.4 is 11.2 Å². The van der Waals surface area contributed by atoms with E-state index in [0.717, 1.165) is 15.3 Å². The minimum atomic E-state index is -4.17. The molecule has 0 amide bonds. The molecule has 2 aromatic carbocycles. The predicted octanol–water partition coefficient (Wildman–Crippen LogP) is 1.48. The number of hydrogen-bond acceptors (Lipinski definition) is 5. The molecule has 0 aliphatic rings. The fourth-order valence-electron chi connectivity index (χ4n) is 2.57. The van der Waals surface area contributed by atoms with Crippen LogP contribution in [0.3, 0.4) is 0 Å². The largest absolute Gasteiger partial charge is 0.395 e. The van der Waals surface area contributed by atoms with Crippen molar-refractivity contribution in [2.45, 2.75) is 16.3 Å². The van der Waals surface area contributed by atoms with Gasteiger partial charge >= 0.3 is 5.69 Å². The van der Waals surface area contributed by atoms with E-state index in [2.05, 4.69) is 0 Å². The van der Waals surface area contributed by atoms with Crippen molar-refractivity contribution in [1.29, 1.82) is 0 Å². The number of aromatic nitrogens is 2. The van der Waals surface area contributed by atoms with E-state index < -0.39 is 32.6 Å². The Balaban J connectivity index is 2.35. The molecule has 1 heterocycles. The zero-order chi connectivity index (χ0) is 19.6. The molecule has 0 aliphatic heterocycles. The maximum atomic E-state index is 12.9. The van der Waals surface area contributed by atoms with Crippen molar-refractivity contribution in [3.8, 4) is 5.69 Å². The first kappa shape index (κ1) is 19.1. The van der Waals surface area contributed by atoms with Crippen molar-refractivity contribution in [3.63, 3.8) is 0 Å². The van der Waals surface area contributed by atoms with Crippen LogP contribution in [0.1, 0.15) is 0 Å². The zero-order valence-electron chi connectivity index (χ0n) is 13.9. The molecule has 0 saturated carbocycles. The zero-order valence-corrected chi connectivity index (χ0v) is 15.5. The molecular weight excluding hydrogens is 392 g/mol. The predicted molar refractivity (Wildman–Crippen MR) is 100 cm³/mol. The Bertz CT molecular complexity index is 1180. The fourth-order valence-corrected chi connectivity index (χ4v) is 4.06. The second kappa shape index (κ2) is 7.51. The maximum absolute atomic E-state index is 12.9. The molecule has 0 radical (unpaired) electrons. The summed E-state index contributed by atoms with van der Waals surface area (Å²) in [7, 11) is -4.17. The second-order valence-electron chi connectivity index (χ2n) is 5.63. The molecule has 140 valence electrons. The minimum absolute atomic E-state index is 0.0704. The highest BCUT2D eigenvalue weighted by molar-refractivity contribution is 7.91. The summed E-state index contributed by atoms with van der Waals surface area (Å²) in [5, 5.41) is 9.61. The molecule has 7 nitrogen and oxygen atoms in total. The molecule has 0 aliphatic carbocycles. The van der Waals surface area contributed by atoms with E-state index in [9.17, 15) is 23.1 Å². The first-order valence-electron chi connectivity index (χ1n) is 7.89. The van der Waals surface area contributed by atoms with E-state index in [0.29, 0.717) is 5.02 Å². The SMILES string of the molecule is O=c1c(S(=O)(=O)c2ccccc2)cn(CCO)c(=O)n1-c1ccc(Cl)cc1. The number of aliphatic hydroxyl groups is 1. The van der Waals surface area contributed by atoms with Gasteiger partial charge in [0.25, 0.3) is 5.56 Å². The molecule has 0 saturated heterocycles. The average molecular weight is 407 g/mol. The van der Waals surface area contributed by atoms with Gasteiger partial charge in [-0.3, -0.25) is 9.36 Å². The van der Waals surface area contributed by atoms with Gasteiger partial charge in [-0.25, -0.2) is 17.8 Å². The molecule has 3 rings (SSSR count). The lowest BCUT2D eigenvalue weighted by Gasteiger charge is -2.13. The summed E-state index contributed by atoms with van der Waals surface area (Å²) in [6.07, 6.45) is 0.968. The monoisotopic (exact) mass is 406 g/mol. The molecule has 3 aromatic rings. The highest BCUT2D eigenvalue weighted by Crippen LogP contribution is 2.18. The van der Waals surface area contributed by atoms with Gasteiger partial charge in [0.1, 0.15) is 0 Å². The number of sulfone groups is 1. The van der Waals surface area contributed by atoms with Gasteiger partial charge in [0.2, 0.25) is 9.84 Å². The lowest BCUT2D eigenvalue weighted by atomic mass is 10.3. The Morgan fingerprint density at radius 2 is 1.59 bits per heavy atom. The lowest BCUT2D eigenvalue weighted by molar-refractivity contribution is 0.271. The van der Waals surface area contributed by atoms with Crippen molar-refractivity contribution in [2.75, 3.05) is 6.61 Å². The number of benzene rings is 2. The van der Waals surface area contributed by atoms with Crippen LogP contribution in [0, 0.1) is 0 Å². The summed E-state index contributed by atoms with van der Waals surface area (Å²) in [5.41, 5.74) is -1.56. The first-order valence-corrected chi connectivity index (χ1v) is 9.76. The Morgan fingerprint density at radius 3 is 2.19 bits per heavy atom. The van der Waals surface area contributed by atoms with Crippen LogP contribution in [0.4, 0.5) is 0 Å². The van der Waals surface area contributed by atoms with E-state index in [-0.39, 0.29) is 17.1 Å². The summed E-state index contributed by atoms with van der Waals surface area (Å²) >= 11 is 5.84. The Hall–Kier alpha value is -2.68. The molecule has 0 unspecified atom stereocenters. The highest BCUT2D eigenvalue weighted by atomic mass is 35.5. The fraction of sp³-hybridized carbons (Fsp3) is 0.111. The second-order valence-corrected chi connectivity index (χ2v) is 7.98. The normalized spacial score (nSPS) is 11.5. The molecular formula is C18H15ClN2O5S.